The van der Waals surface area contributed by atoms with E-state index in [9.17, 15) is 9.59 Å². The molecule has 5 nitrogen and oxygen atoms in total. The van der Waals surface area contributed by atoms with E-state index in [4.69, 9.17) is 5.26 Å². The van der Waals surface area contributed by atoms with E-state index in [-0.39, 0.29) is 23.9 Å². The Balaban J connectivity index is 2.77. The SMILES string of the molecule is CCN(CC(=O)NC(C)(C)C)C(=O)c1ccc(C#N)cc1. The maximum absolute atomic E-state index is 12.3. The van der Waals surface area contributed by atoms with E-state index in [1.54, 1.807) is 24.3 Å². The lowest BCUT2D eigenvalue weighted by Gasteiger charge is -2.25. The highest BCUT2D eigenvalue weighted by molar-refractivity contribution is 5.96. The van der Waals surface area contributed by atoms with Gasteiger partial charge in [0.1, 0.15) is 0 Å². The van der Waals surface area contributed by atoms with Gasteiger partial charge in [-0.2, -0.15) is 5.26 Å². The molecule has 5 heteroatoms. The van der Waals surface area contributed by atoms with Gasteiger partial charge in [0.05, 0.1) is 18.2 Å². The van der Waals surface area contributed by atoms with Crippen LogP contribution in [0.3, 0.4) is 0 Å². The number of carbonyl (C=O) groups is 2. The average Bonchev–Trinajstić information content (AvgIpc) is 2.42. The van der Waals surface area contributed by atoms with E-state index < -0.39 is 0 Å². The number of carbonyl (C=O) groups excluding carboxylic acids is 2. The van der Waals surface area contributed by atoms with Crippen molar-refractivity contribution >= 4 is 11.8 Å². The van der Waals surface area contributed by atoms with E-state index in [2.05, 4.69) is 5.32 Å². The van der Waals surface area contributed by atoms with Crippen LogP contribution in [0.25, 0.3) is 0 Å². The van der Waals surface area contributed by atoms with E-state index in [0.29, 0.717) is 17.7 Å². The molecule has 1 aromatic carbocycles. The second kappa shape index (κ2) is 6.89. The van der Waals surface area contributed by atoms with Crippen molar-refractivity contribution < 1.29 is 9.59 Å². The second-order valence-electron chi connectivity index (χ2n) is 5.81. The van der Waals surface area contributed by atoms with Gasteiger partial charge < -0.3 is 10.2 Å². The van der Waals surface area contributed by atoms with Gasteiger partial charge in [-0.25, -0.2) is 0 Å². The lowest BCUT2D eigenvalue weighted by molar-refractivity contribution is -0.123. The van der Waals surface area contributed by atoms with Crippen LogP contribution in [0.5, 0.6) is 0 Å². The predicted octanol–water partition coefficient (Wildman–Crippen LogP) is 1.94. The molecule has 1 rings (SSSR count). The molecule has 0 saturated carbocycles. The van der Waals surface area contributed by atoms with Crippen molar-refractivity contribution in [3.63, 3.8) is 0 Å². The lowest BCUT2D eigenvalue weighted by atomic mass is 10.1. The van der Waals surface area contributed by atoms with Gasteiger partial charge in [0.15, 0.2) is 0 Å². The van der Waals surface area contributed by atoms with Gasteiger partial charge in [0, 0.05) is 17.6 Å². The molecule has 112 valence electrons. The molecule has 1 N–H and O–H groups in total. The Morgan fingerprint density at radius 3 is 2.24 bits per heavy atom. The minimum atomic E-state index is -0.325. The molecule has 0 radical (unpaired) electrons. The average molecular weight is 287 g/mol. The summed E-state index contributed by atoms with van der Waals surface area (Å²) >= 11 is 0. The van der Waals surface area contributed by atoms with Crippen LogP contribution in [0.1, 0.15) is 43.6 Å². The van der Waals surface area contributed by atoms with Crippen molar-refractivity contribution in [1.82, 2.24) is 10.2 Å². The number of hydrogen-bond acceptors (Lipinski definition) is 3. The third-order valence-corrected chi connectivity index (χ3v) is 2.78. The predicted molar refractivity (Wildman–Crippen MR) is 80.6 cm³/mol. The molecule has 0 aliphatic carbocycles. The Bertz CT molecular complexity index is 550. The van der Waals surface area contributed by atoms with Crippen LogP contribution in [0.2, 0.25) is 0 Å². The summed E-state index contributed by atoms with van der Waals surface area (Å²) < 4.78 is 0. The summed E-state index contributed by atoms with van der Waals surface area (Å²) in [6.45, 7) is 7.96. The highest BCUT2D eigenvalue weighted by Crippen LogP contribution is 2.08. The number of likely N-dealkylation sites (N-methyl/N-ethyl adjacent to an activating group) is 1. The lowest BCUT2D eigenvalue weighted by Crippen LogP contribution is -2.47. The molecular weight excluding hydrogens is 266 g/mol. The largest absolute Gasteiger partial charge is 0.350 e. The van der Waals surface area contributed by atoms with Crippen molar-refractivity contribution in [2.45, 2.75) is 33.2 Å². The number of benzene rings is 1. The van der Waals surface area contributed by atoms with Crippen molar-refractivity contribution in [3.05, 3.63) is 35.4 Å². The normalized spacial score (nSPS) is 10.6. The standard InChI is InChI=1S/C16H21N3O2/c1-5-19(11-14(20)18-16(2,3)4)15(21)13-8-6-12(10-17)7-9-13/h6-9H,5,11H2,1-4H3,(H,18,20). The molecule has 0 heterocycles. The van der Waals surface area contributed by atoms with Crippen LogP contribution in [-0.2, 0) is 4.79 Å². The summed E-state index contributed by atoms with van der Waals surface area (Å²) in [5.41, 5.74) is 0.646. The molecule has 21 heavy (non-hydrogen) atoms. The Morgan fingerprint density at radius 1 is 1.24 bits per heavy atom. The molecule has 0 aliphatic rings. The first-order valence-electron chi connectivity index (χ1n) is 6.87. The summed E-state index contributed by atoms with van der Waals surface area (Å²) in [4.78, 5) is 25.7. The first-order chi connectivity index (χ1) is 9.76. The fraction of sp³-hybridized carbons (Fsp3) is 0.438. The summed E-state index contributed by atoms with van der Waals surface area (Å²) in [7, 11) is 0. The Labute approximate surface area is 125 Å². The van der Waals surface area contributed by atoms with Crippen molar-refractivity contribution in [2.75, 3.05) is 13.1 Å². The van der Waals surface area contributed by atoms with Crippen LogP contribution in [0.4, 0.5) is 0 Å². The molecule has 0 bridgehead atoms. The van der Waals surface area contributed by atoms with Crippen LogP contribution < -0.4 is 5.32 Å². The van der Waals surface area contributed by atoms with Gasteiger partial charge in [-0.05, 0) is 52.0 Å². The third kappa shape index (κ3) is 5.27. The van der Waals surface area contributed by atoms with Crippen LogP contribution in [-0.4, -0.2) is 35.3 Å². The number of nitrogens with zero attached hydrogens (tertiary/aromatic N) is 2. The van der Waals surface area contributed by atoms with Crippen LogP contribution in [0.15, 0.2) is 24.3 Å². The van der Waals surface area contributed by atoms with E-state index in [1.165, 1.54) is 4.90 Å². The number of hydrogen-bond donors (Lipinski definition) is 1. The fourth-order valence-corrected chi connectivity index (χ4v) is 1.83. The molecule has 0 saturated heterocycles. The van der Waals surface area contributed by atoms with Gasteiger partial charge in [-0.15, -0.1) is 0 Å². The Morgan fingerprint density at radius 2 is 1.81 bits per heavy atom. The minimum Gasteiger partial charge on any atom is -0.350 e. The van der Waals surface area contributed by atoms with Gasteiger partial charge in [0.25, 0.3) is 5.91 Å². The van der Waals surface area contributed by atoms with E-state index in [1.807, 2.05) is 33.8 Å². The third-order valence-electron chi connectivity index (χ3n) is 2.78. The van der Waals surface area contributed by atoms with Gasteiger partial charge in [0.2, 0.25) is 5.91 Å². The van der Waals surface area contributed by atoms with Crippen molar-refractivity contribution in [1.29, 1.82) is 5.26 Å². The van der Waals surface area contributed by atoms with Crippen molar-refractivity contribution in [2.24, 2.45) is 0 Å². The molecule has 0 aliphatic heterocycles. The quantitative estimate of drug-likeness (QED) is 0.919. The van der Waals surface area contributed by atoms with Gasteiger partial charge in [-0.3, -0.25) is 9.59 Å². The monoisotopic (exact) mass is 287 g/mol. The number of nitriles is 1. The molecule has 2 amide bonds. The first-order valence-corrected chi connectivity index (χ1v) is 6.87. The highest BCUT2D eigenvalue weighted by atomic mass is 16.2. The maximum atomic E-state index is 12.3. The van der Waals surface area contributed by atoms with Crippen molar-refractivity contribution in [3.8, 4) is 6.07 Å². The highest BCUT2D eigenvalue weighted by Gasteiger charge is 2.20. The molecule has 0 aromatic heterocycles. The molecule has 1 aromatic rings. The zero-order chi connectivity index (χ0) is 16.0. The van der Waals surface area contributed by atoms with E-state index >= 15 is 0 Å². The van der Waals surface area contributed by atoms with Crippen LogP contribution >= 0.6 is 0 Å². The van der Waals surface area contributed by atoms with E-state index in [0.717, 1.165) is 0 Å². The zero-order valence-corrected chi connectivity index (χ0v) is 12.9. The molecule has 0 fully saturated rings. The van der Waals surface area contributed by atoms with Gasteiger partial charge in [-0.1, -0.05) is 0 Å². The van der Waals surface area contributed by atoms with Gasteiger partial charge >= 0.3 is 0 Å². The maximum Gasteiger partial charge on any atom is 0.254 e. The molecule has 0 atom stereocenters. The summed E-state index contributed by atoms with van der Waals surface area (Å²) in [6, 6.07) is 8.40. The number of nitrogens with one attached hydrogen (secondary N) is 1. The Kier molecular flexibility index (Phi) is 5.48. The second-order valence-corrected chi connectivity index (χ2v) is 5.81. The number of amides is 2. The fourth-order valence-electron chi connectivity index (χ4n) is 1.83. The zero-order valence-electron chi connectivity index (χ0n) is 12.9. The Hall–Kier alpha value is -2.35. The topological polar surface area (TPSA) is 73.2 Å². The molecular formula is C16H21N3O2. The molecule has 0 spiro atoms. The minimum absolute atomic E-state index is 0.0204. The number of rotatable bonds is 4. The first kappa shape index (κ1) is 16.7. The van der Waals surface area contributed by atoms with Crippen LogP contribution in [0, 0.1) is 11.3 Å². The molecule has 0 unspecified atom stereocenters. The smallest absolute Gasteiger partial charge is 0.254 e. The summed E-state index contributed by atoms with van der Waals surface area (Å²) in [5, 5.41) is 11.6. The summed E-state index contributed by atoms with van der Waals surface area (Å²) in [5.74, 6) is -0.405. The summed E-state index contributed by atoms with van der Waals surface area (Å²) in [6.07, 6.45) is 0.